The number of aromatic nitrogens is 1. The van der Waals surface area contributed by atoms with Crippen LogP contribution < -0.4 is 5.32 Å². The van der Waals surface area contributed by atoms with Crippen LogP contribution in [0.25, 0.3) is 0 Å². The zero-order chi connectivity index (χ0) is 9.26. The van der Waals surface area contributed by atoms with Crippen molar-refractivity contribution in [2.75, 3.05) is 27.2 Å². The number of hydrogen-bond donors (Lipinski definition) is 1. The first-order valence-electron chi connectivity index (χ1n) is 4.56. The highest BCUT2D eigenvalue weighted by molar-refractivity contribution is 7.11. The van der Waals surface area contributed by atoms with Gasteiger partial charge in [-0.25, -0.2) is 4.98 Å². The van der Waals surface area contributed by atoms with Crippen molar-refractivity contribution in [3.63, 3.8) is 0 Å². The van der Waals surface area contributed by atoms with Crippen molar-refractivity contribution < 1.29 is 0 Å². The highest BCUT2D eigenvalue weighted by atomic mass is 32.1. The quantitative estimate of drug-likeness (QED) is 0.780. The van der Waals surface area contributed by atoms with Crippen LogP contribution in [0.5, 0.6) is 0 Å². The lowest BCUT2D eigenvalue weighted by atomic mass is 10.1. The minimum atomic E-state index is 0.681. The summed E-state index contributed by atoms with van der Waals surface area (Å²) in [6, 6.07) is 0. The molecule has 1 aliphatic rings. The normalized spacial score (nSPS) is 17.8. The predicted molar refractivity (Wildman–Crippen MR) is 55.1 cm³/mol. The van der Waals surface area contributed by atoms with Gasteiger partial charge in [-0.05, 0) is 14.1 Å². The summed E-state index contributed by atoms with van der Waals surface area (Å²) in [5, 5.41) is 4.57. The SMILES string of the molecule is CN(C)Cc1cnc(C2CNC2)s1. The van der Waals surface area contributed by atoms with Gasteiger partial charge in [-0.3, -0.25) is 0 Å². The maximum atomic E-state index is 4.44. The van der Waals surface area contributed by atoms with E-state index in [9.17, 15) is 0 Å². The molecule has 72 valence electrons. The fourth-order valence-electron chi connectivity index (χ4n) is 1.36. The van der Waals surface area contributed by atoms with Gasteiger partial charge in [0.25, 0.3) is 0 Å². The Morgan fingerprint density at radius 3 is 2.92 bits per heavy atom. The van der Waals surface area contributed by atoms with Crippen molar-refractivity contribution in [2.45, 2.75) is 12.5 Å². The Hall–Kier alpha value is -0.450. The molecule has 0 atom stereocenters. The van der Waals surface area contributed by atoms with Gasteiger partial charge in [0.2, 0.25) is 0 Å². The largest absolute Gasteiger partial charge is 0.315 e. The van der Waals surface area contributed by atoms with E-state index in [2.05, 4.69) is 29.3 Å². The molecule has 2 heterocycles. The summed E-state index contributed by atoms with van der Waals surface area (Å²) in [6.45, 7) is 3.22. The first-order chi connectivity index (χ1) is 6.25. The molecule has 3 nitrogen and oxygen atoms in total. The van der Waals surface area contributed by atoms with Crippen LogP contribution in [0.2, 0.25) is 0 Å². The lowest BCUT2D eigenvalue weighted by Gasteiger charge is -2.24. The maximum Gasteiger partial charge on any atom is 0.0984 e. The molecule has 1 aromatic rings. The molecule has 0 aliphatic carbocycles. The molecule has 1 aliphatic heterocycles. The molecule has 1 aromatic heterocycles. The van der Waals surface area contributed by atoms with E-state index in [0.29, 0.717) is 5.92 Å². The van der Waals surface area contributed by atoms with Gasteiger partial charge < -0.3 is 10.2 Å². The van der Waals surface area contributed by atoms with Crippen LogP contribution in [0, 0.1) is 0 Å². The summed E-state index contributed by atoms with van der Waals surface area (Å²) in [4.78, 5) is 7.99. The molecule has 1 N–H and O–H groups in total. The summed E-state index contributed by atoms with van der Waals surface area (Å²) >= 11 is 1.85. The number of nitrogens with zero attached hydrogens (tertiary/aromatic N) is 2. The third-order valence-electron chi connectivity index (χ3n) is 2.17. The first kappa shape index (κ1) is 9.12. The smallest absolute Gasteiger partial charge is 0.0984 e. The molecule has 0 amide bonds. The van der Waals surface area contributed by atoms with Crippen molar-refractivity contribution in [2.24, 2.45) is 0 Å². The molecule has 2 rings (SSSR count). The average Bonchev–Trinajstić information content (AvgIpc) is 2.31. The monoisotopic (exact) mass is 197 g/mol. The molecule has 0 spiro atoms. The Balaban J connectivity index is 2.00. The second-order valence-corrected chi connectivity index (χ2v) is 4.90. The Morgan fingerprint density at radius 2 is 2.38 bits per heavy atom. The summed E-state index contributed by atoms with van der Waals surface area (Å²) in [5.74, 6) is 0.681. The third kappa shape index (κ3) is 2.07. The Kier molecular flexibility index (Phi) is 2.62. The van der Waals surface area contributed by atoms with Crippen molar-refractivity contribution in [1.82, 2.24) is 15.2 Å². The third-order valence-corrected chi connectivity index (χ3v) is 3.32. The second kappa shape index (κ2) is 3.74. The fourth-order valence-corrected chi connectivity index (χ4v) is 2.49. The van der Waals surface area contributed by atoms with Crippen LogP contribution in [0.3, 0.4) is 0 Å². The molecule has 0 saturated carbocycles. The van der Waals surface area contributed by atoms with Crippen LogP contribution in [0.15, 0.2) is 6.20 Å². The summed E-state index contributed by atoms with van der Waals surface area (Å²) in [7, 11) is 4.18. The second-order valence-electron chi connectivity index (χ2n) is 3.76. The molecule has 0 unspecified atom stereocenters. The van der Waals surface area contributed by atoms with Gasteiger partial charge in [-0.1, -0.05) is 0 Å². The number of hydrogen-bond acceptors (Lipinski definition) is 4. The van der Waals surface area contributed by atoms with E-state index in [0.717, 1.165) is 19.6 Å². The van der Waals surface area contributed by atoms with Gasteiger partial charge >= 0.3 is 0 Å². The minimum Gasteiger partial charge on any atom is -0.315 e. The average molecular weight is 197 g/mol. The summed E-state index contributed by atoms with van der Waals surface area (Å²) in [5.41, 5.74) is 0. The van der Waals surface area contributed by atoms with Gasteiger partial charge in [0.15, 0.2) is 0 Å². The molecule has 0 aromatic carbocycles. The first-order valence-corrected chi connectivity index (χ1v) is 5.37. The van der Waals surface area contributed by atoms with E-state index < -0.39 is 0 Å². The highest BCUT2D eigenvalue weighted by Gasteiger charge is 2.21. The van der Waals surface area contributed by atoms with Gasteiger partial charge in [-0.15, -0.1) is 11.3 Å². The predicted octanol–water partition coefficient (Wildman–Crippen LogP) is 0.891. The van der Waals surface area contributed by atoms with Crippen molar-refractivity contribution in [1.29, 1.82) is 0 Å². The van der Waals surface area contributed by atoms with E-state index in [-0.39, 0.29) is 0 Å². The van der Waals surface area contributed by atoms with Crippen LogP contribution in [0.1, 0.15) is 15.8 Å². The molecular weight excluding hydrogens is 182 g/mol. The van der Waals surface area contributed by atoms with Crippen molar-refractivity contribution in [3.05, 3.63) is 16.1 Å². The van der Waals surface area contributed by atoms with E-state index in [1.165, 1.54) is 9.88 Å². The summed E-state index contributed by atoms with van der Waals surface area (Å²) in [6.07, 6.45) is 2.01. The maximum absolute atomic E-state index is 4.44. The van der Waals surface area contributed by atoms with E-state index in [4.69, 9.17) is 0 Å². The van der Waals surface area contributed by atoms with Crippen LogP contribution in [0.4, 0.5) is 0 Å². The lowest BCUT2D eigenvalue weighted by Crippen LogP contribution is -2.39. The standard InChI is InChI=1S/C9H15N3S/c1-12(2)6-8-5-11-9(13-8)7-3-10-4-7/h5,7,10H,3-4,6H2,1-2H3. The number of rotatable bonds is 3. The van der Waals surface area contributed by atoms with E-state index >= 15 is 0 Å². The topological polar surface area (TPSA) is 28.2 Å². The van der Waals surface area contributed by atoms with Gasteiger partial charge in [0, 0.05) is 36.6 Å². The van der Waals surface area contributed by atoms with Crippen LogP contribution in [-0.4, -0.2) is 37.1 Å². The zero-order valence-corrected chi connectivity index (χ0v) is 8.90. The van der Waals surface area contributed by atoms with Crippen LogP contribution >= 0.6 is 11.3 Å². The molecule has 1 fully saturated rings. The Labute approximate surface area is 82.8 Å². The number of thiazole rings is 1. The van der Waals surface area contributed by atoms with Crippen LogP contribution in [-0.2, 0) is 6.54 Å². The van der Waals surface area contributed by atoms with Crippen molar-refractivity contribution in [3.8, 4) is 0 Å². The molecule has 0 radical (unpaired) electrons. The molecular formula is C9H15N3S. The minimum absolute atomic E-state index is 0.681. The molecule has 13 heavy (non-hydrogen) atoms. The van der Waals surface area contributed by atoms with Gasteiger partial charge in [0.1, 0.15) is 0 Å². The van der Waals surface area contributed by atoms with Gasteiger partial charge in [0.05, 0.1) is 5.01 Å². The zero-order valence-electron chi connectivity index (χ0n) is 8.08. The van der Waals surface area contributed by atoms with Crippen molar-refractivity contribution >= 4 is 11.3 Å². The molecule has 1 saturated heterocycles. The Morgan fingerprint density at radius 1 is 1.62 bits per heavy atom. The fraction of sp³-hybridized carbons (Fsp3) is 0.667. The Bertz CT molecular complexity index is 278. The summed E-state index contributed by atoms with van der Waals surface area (Å²) < 4.78 is 0. The molecule has 0 bridgehead atoms. The van der Waals surface area contributed by atoms with E-state index in [1.807, 2.05) is 17.5 Å². The number of nitrogens with one attached hydrogen (secondary N) is 1. The lowest BCUT2D eigenvalue weighted by molar-refractivity contribution is 0.406. The van der Waals surface area contributed by atoms with Gasteiger partial charge in [-0.2, -0.15) is 0 Å². The molecule has 4 heteroatoms. The highest BCUT2D eigenvalue weighted by Crippen LogP contribution is 2.25. The van der Waals surface area contributed by atoms with E-state index in [1.54, 1.807) is 0 Å².